The molecule has 2 fully saturated rings. The molecule has 5 heterocycles. The number of halogens is 1. The molecule has 1 aromatic carbocycles. The molecule has 12 heteroatoms. The highest BCUT2D eigenvalue weighted by molar-refractivity contribution is 5.82. The van der Waals surface area contributed by atoms with Crippen LogP contribution in [0.25, 0.3) is 16.9 Å². The summed E-state index contributed by atoms with van der Waals surface area (Å²) in [7, 11) is 1.63. The van der Waals surface area contributed by atoms with E-state index in [9.17, 15) is 9.18 Å². The smallest absolute Gasteiger partial charge is 0.213 e. The largest absolute Gasteiger partial charge is 0.383 e. The fraction of sp³-hybridized carbons (Fsp3) is 0.400. The van der Waals surface area contributed by atoms with Crippen molar-refractivity contribution < 1.29 is 18.8 Å². The molecule has 0 unspecified atom stereocenters. The van der Waals surface area contributed by atoms with Crippen LogP contribution in [0.1, 0.15) is 29.3 Å². The first-order chi connectivity index (χ1) is 22.9. The standard InChI is InChI=1S/C35H39FN8O3/c1-25-31(22-30(45)20-28-24-43(18-19-46-2)47-35(28)26-10-12-38-32(36)21-26)44(29-6-4-3-5-7-29)40-34(25)27-8-9-33(39-23-27)42-16-14-41(13-11-37)15-17-42/h3-10,12,21,23,28,35H,13-20,22,24H2,1-2H3/t28-,35+/m1/s1. The van der Waals surface area contributed by atoms with Gasteiger partial charge in [0.2, 0.25) is 5.95 Å². The van der Waals surface area contributed by atoms with E-state index in [0.717, 1.165) is 60.2 Å². The van der Waals surface area contributed by atoms with Crippen LogP contribution in [0, 0.1) is 30.1 Å². The highest BCUT2D eigenvalue weighted by Gasteiger charge is 2.37. The van der Waals surface area contributed by atoms with Crippen molar-refractivity contribution in [2.45, 2.75) is 25.9 Å². The molecule has 2 saturated heterocycles. The lowest BCUT2D eigenvalue weighted by Gasteiger charge is -2.34. The highest BCUT2D eigenvalue weighted by Crippen LogP contribution is 2.37. The van der Waals surface area contributed by atoms with E-state index in [4.69, 9.17) is 24.9 Å². The zero-order valence-electron chi connectivity index (χ0n) is 26.8. The quantitative estimate of drug-likeness (QED) is 0.166. The summed E-state index contributed by atoms with van der Waals surface area (Å²) in [4.78, 5) is 32.8. The number of hydrogen-bond acceptors (Lipinski definition) is 10. The number of ketones is 1. The number of anilines is 1. The summed E-state index contributed by atoms with van der Waals surface area (Å²) in [6, 6.07) is 19.2. The Morgan fingerprint density at radius 1 is 1.11 bits per heavy atom. The normalized spacial score (nSPS) is 18.8. The monoisotopic (exact) mass is 638 g/mol. The SMILES string of the molecule is COCCN1C[C@@H](CC(=O)Cc2c(C)c(-c3ccc(N4CCN(CC#N)CC4)nc3)nn2-c2ccccc2)[C@H](c2ccnc(F)c2)O1. The molecule has 0 aliphatic carbocycles. The number of nitrogens with zero attached hydrogens (tertiary/aromatic N) is 8. The zero-order chi connectivity index (χ0) is 32.8. The van der Waals surface area contributed by atoms with E-state index in [2.05, 4.69) is 20.9 Å². The molecule has 0 bridgehead atoms. The summed E-state index contributed by atoms with van der Waals surface area (Å²) in [6.45, 7) is 7.27. The molecule has 244 valence electrons. The maximum Gasteiger partial charge on any atom is 0.213 e. The van der Waals surface area contributed by atoms with Crippen LogP contribution in [-0.4, -0.2) is 95.0 Å². The van der Waals surface area contributed by atoms with Crippen LogP contribution in [0.15, 0.2) is 67.0 Å². The Bertz CT molecular complexity index is 1700. The van der Waals surface area contributed by atoms with Gasteiger partial charge in [-0.15, -0.1) is 0 Å². The Balaban J connectivity index is 1.23. The van der Waals surface area contributed by atoms with Gasteiger partial charge in [0.15, 0.2) is 0 Å². The lowest BCUT2D eigenvalue weighted by atomic mass is 9.91. The minimum absolute atomic E-state index is 0.0439. The number of hydroxylamine groups is 2. The number of carbonyl (C=O) groups is 1. The predicted molar refractivity (Wildman–Crippen MR) is 174 cm³/mol. The average molecular weight is 639 g/mol. The maximum atomic E-state index is 14.1. The van der Waals surface area contributed by atoms with Gasteiger partial charge in [0.25, 0.3) is 0 Å². The van der Waals surface area contributed by atoms with Crippen LogP contribution in [0.5, 0.6) is 0 Å². The Morgan fingerprint density at radius 3 is 2.62 bits per heavy atom. The molecular weight excluding hydrogens is 599 g/mol. The number of rotatable bonds is 12. The number of Topliss-reactive ketones (excluding diaryl/α,β-unsaturated/α-hetero) is 1. The van der Waals surface area contributed by atoms with Crippen molar-refractivity contribution in [1.82, 2.24) is 29.7 Å². The molecule has 0 amide bonds. The van der Waals surface area contributed by atoms with Gasteiger partial charge in [-0.25, -0.2) is 14.6 Å². The fourth-order valence-electron chi connectivity index (χ4n) is 6.38. The molecule has 3 aromatic heterocycles. The third-order valence-corrected chi connectivity index (χ3v) is 8.86. The molecule has 0 saturated carbocycles. The molecular formula is C35H39FN8O3. The van der Waals surface area contributed by atoms with Gasteiger partial charge >= 0.3 is 0 Å². The van der Waals surface area contributed by atoms with Gasteiger partial charge in [-0.1, -0.05) is 18.2 Å². The van der Waals surface area contributed by atoms with Crippen molar-refractivity contribution in [2.24, 2.45) is 5.92 Å². The van der Waals surface area contributed by atoms with Crippen molar-refractivity contribution in [3.63, 3.8) is 0 Å². The number of hydrogen-bond donors (Lipinski definition) is 0. The molecule has 47 heavy (non-hydrogen) atoms. The second-order valence-corrected chi connectivity index (χ2v) is 12.0. The predicted octanol–water partition coefficient (Wildman–Crippen LogP) is 4.18. The van der Waals surface area contributed by atoms with E-state index in [1.807, 2.05) is 60.3 Å². The van der Waals surface area contributed by atoms with E-state index in [-0.39, 0.29) is 24.5 Å². The number of methoxy groups -OCH3 is 1. The van der Waals surface area contributed by atoms with Crippen LogP contribution in [0.4, 0.5) is 10.2 Å². The Hall–Kier alpha value is -4.54. The van der Waals surface area contributed by atoms with Crippen LogP contribution < -0.4 is 4.90 Å². The second kappa shape index (κ2) is 14.9. The minimum Gasteiger partial charge on any atom is -0.383 e. The molecule has 2 atom stereocenters. The average Bonchev–Trinajstić information content (AvgIpc) is 3.64. The first-order valence-electron chi connectivity index (χ1n) is 15.9. The number of carbonyl (C=O) groups excluding carboxylic acids is 1. The zero-order valence-corrected chi connectivity index (χ0v) is 26.8. The number of para-hydroxylation sites is 1. The van der Waals surface area contributed by atoms with Crippen LogP contribution >= 0.6 is 0 Å². The maximum absolute atomic E-state index is 14.1. The van der Waals surface area contributed by atoms with Gasteiger partial charge in [-0.05, 0) is 54.4 Å². The topological polar surface area (TPSA) is 113 Å². The van der Waals surface area contributed by atoms with Gasteiger partial charge in [0, 0.05) is 83.1 Å². The summed E-state index contributed by atoms with van der Waals surface area (Å²) in [5.74, 6) is 0.181. The molecule has 0 N–H and O–H groups in total. The van der Waals surface area contributed by atoms with Crippen molar-refractivity contribution in [1.29, 1.82) is 5.26 Å². The lowest BCUT2D eigenvalue weighted by molar-refractivity contribution is -0.155. The summed E-state index contributed by atoms with van der Waals surface area (Å²) < 4.78 is 21.1. The molecule has 0 spiro atoms. The van der Waals surface area contributed by atoms with E-state index in [1.165, 1.54) is 12.3 Å². The number of nitriles is 1. The molecule has 2 aliphatic heterocycles. The Labute approximate surface area is 274 Å². The lowest BCUT2D eigenvalue weighted by Crippen LogP contribution is -2.46. The third kappa shape index (κ3) is 7.55. The van der Waals surface area contributed by atoms with E-state index >= 15 is 0 Å². The van der Waals surface area contributed by atoms with Gasteiger partial charge < -0.3 is 9.64 Å². The first kappa shape index (κ1) is 32.4. The number of benzene rings is 1. The van der Waals surface area contributed by atoms with Gasteiger partial charge in [-0.3, -0.25) is 14.5 Å². The van der Waals surface area contributed by atoms with Gasteiger partial charge in [0.1, 0.15) is 17.7 Å². The van der Waals surface area contributed by atoms with Crippen LogP contribution in [-0.2, 0) is 20.8 Å². The van der Waals surface area contributed by atoms with Crippen molar-refractivity contribution in [2.75, 3.05) is 64.4 Å². The number of ether oxygens (including phenoxy) is 1. The summed E-state index contributed by atoms with van der Waals surface area (Å²) >= 11 is 0. The van der Waals surface area contributed by atoms with Crippen LogP contribution in [0.3, 0.4) is 0 Å². The van der Waals surface area contributed by atoms with E-state index in [1.54, 1.807) is 18.2 Å². The molecule has 2 aliphatic rings. The minimum atomic E-state index is -0.581. The van der Waals surface area contributed by atoms with Crippen molar-refractivity contribution >= 4 is 11.6 Å². The van der Waals surface area contributed by atoms with Gasteiger partial charge in [-0.2, -0.15) is 19.8 Å². The van der Waals surface area contributed by atoms with Crippen molar-refractivity contribution in [3.05, 3.63) is 89.8 Å². The van der Waals surface area contributed by atoms with Crippen molar-refractivity contribution in [3.8, 4) is 23.0 Å². The summed E-state index contributed by atoms with van der Waals surface area (Å²) in [5, 5.41) is 15.8. The second-order valence-electron chi connectivity index (χ2n) is 12.0. The Kier molecular flexibility index (Phi) is 10.3. The highest BCUT2D eigenvalue weighted by atomic mass is 19.1. The molecule has 0 radical (unpaired) electrons. The fourth-order valence-corrected chi connectivity index (χ4v) is 6.38. The summed E-state index contributed by atoms with van der Waals surface area (Å²) in [6.07, 6.45) is 3.23. The summed E-state index contributed by atoms with van der Waals surface area (Å²) in [5.41, 5.74) is 4.90. The number of piperazine rings is 1. The van der Waals surface area contributed by atoms with E-state index < -0.39 is 12.1 Å². The third-order valence-electron chi connectivity index (χ3n) is 8.86. The first-order valence-corrected chi connectivity index (χ1v) is 15.9. The molecule has 6 rings (SSSR count). The molecule has 11 nitrogen and oxygen atoms in total. The van der Waals surface area contributed by atoms with Gasteiger partial charge in [0.05, 0.1) is 36.3 Å². The van der Waals surface area contributed by atoms with Crippen LogP contribution in [0.2, 0.25) is 0 Å². The van der Waals surface area contributed by atoms with E-state index in [0.29, 0.717) is 31.8 Å². The number of pyridine rings is 2. The number of aromatic nitrogens is 4. The Morgan fingerprint density at radius 2 is 1.91 bits per heavy atom. The molecule has 4 aromatic rings.